The quantitative estimate of drug-likeness (QED) is 0.913. The third-order valence-electron chi connectivity index (χ3n) is 4.39. The SMILES string of the molecule is Cc1ccc(OCC(=O)NC(C)c2ccc3c(c2)CCC3)cc1. The summed E-state index contributed by atoms with van der Waals surface area (Å²) in [6, 6.07) is 14.3. The highest BCUT2D eigenvalue weighted by Gasteiger charge is 2.15. The normalized spacial score (nSPS) is 14.2. The molecule has 0 spiro atoms. The van der Waals surface area contributed by atoms with Crippen LogP contribution in [0.15, 0.2) is 42.5 Å². The van der Waals surface area contributed by atoms with Crippen LogP contribution >= 0.6 is 0 Å². The smallest absolute Gasteiger partial charge is 0.258 e. The summed E-state index contributed by atoms with van der Waals surface area (Å²) in [7, 11) is 0. The molecule has 120 valence electrons. The van der Waals surface area contributed by atoms with Gasteiger partial charge in [-0.2, -0.15) is 0 Å². The Labute approximate surface area is 137 Å². The lowest BCUT2D eigenvalue weighted by molar-refractivity contribution is -0.123. The first-order chi connectivity index (χ1) is 11.1. The van der Waals surface area contributed by atoms with Gasteiger partial charge >= 0.3 is 0 Å². The van der Waals surface area contributed by atoms with E-state index in [1.165, 1.54) is 29.5 Å². The Morgan fingerprint density at radius 1 is 1.13 bits per heavy atom. The Kier molecular flexibility index (Phi) is 4.65. The van der Waals surface area contributed by atoms with E-state index in [1.54, 1.807) is 0 Å². The van der Waals surface area contributed by atoms with Gasteiger partial charge in [-0.3, -0.25) is 4.79 Å². The van der Waals surface area contributed by atoms with Gasteiger partial charge in [0.2, 0.25) is 0 Å². The molecule has 0 aliphatic heterocycles. The number of hydrogen-bond acceptors (Lipinski definition) is 2. The highest BCUT2D eigenvalue weighted by molar-refractivity contribution is 5.78. The fourth-order valence-electron chi connectivity index (χ4n) is 3.01. The molecule has 0 aromatic heterocycles. The zero-order chi connectivity index (χ0) is 16.2. The Morgan fingerprint density at radius 3 is 2.65 bits per heavy atom. The number of ether oxygens (including phenoxy) is 1. The first kappa shape index (κ1) is 15.6. The maximum Gasteiger partial charge on any atom is 0.258 e. The van der Waals surface area contributed by atoms with E-state index in [1.807, 2.05) is 38.1 Å². The van der Waals surface area contributed by atoms with Crippen LogP contribution in [0.2, 0.25) is 0 Å². The summed E-state index contributed by atoms with van der Waals surface area (Å²) in [5, 5.41) is 3.01. The van der Waals surface area contributed by atoms with E-state index in [0.717, 1.165) is 17.7 Å². The van der Waals surface area contributed by atoms with Crippen LogP contribution in [0, 0.1) is 6.92 Å². The van der Waals surface area contributed by atoms with E-state index >= 15 is 0 Å². The second kappa shape index (κ2) is 6.86. The summed E-state index contributed by atoms with van der Waals surface area (Å²) in [6.45, 7) is 4.08. The van der Waals surface area contributed by atoms with Crippen LogP contribution in [0.25, 0.3) is 0 Å². The predicted molar refractivity (Wildman–Crippen MR) is 91.7 cm³/mol. The van der Waals surface area contributed by atoms with Crippen molar-refractivity contribution in [2.45, 2.75) is 39.2 Å². The topological polar surface area (TPSA) is 38.3 Å². The Morgan fingerprint density at radius 2 is 1.87 bits per heavy atom. The highest BCUT2D eigenvalue weighted by Crippen LogP contribution is 2.25. The monoisotopic (exact) mass is 309 g/mol. The lowest BCUT2D eigenvalue weighted by Gasteiger charge is -2.16. The lowest BCUT2D eigenvalue weighted by Crippen LogP contribution is -2.31. The van der Waals surface area contributed by atoms with Crippen molar-refractivity contribution in [3.05, 3.63) is 64.7 Å². The molecule has 0 radical (unpaired) electrons. The second-order valence-electron chi connectivity index (χ2n) is 6.27. The molecule has 1 N–H and O–H groups in total. The van der Waals surface area contributed by atoms with Crippen molar-refractivity contribution in [2.75, 3.05) is 6.61 Å². The average molecular weight is 309 g/mol. The van der Waals surface area contributed by atoms with Crippen molar-refractivity contribution < 1.29 is 9.53 Å². The van der Waals surface area contributed by atoms with E-state index in [4.69, 9.17) is 4.74 Å². The van der Waals surface area contributed by atoms with Crippen LogP contribution in [0.4, 0.5) is 0 Å². The van der Waals surface area contributed by atoms with Gasteiger partial charge in [-0.05, 0) is 61.9 Å². The Hall–Kier alpha value is -2.29. The molecule has 0 bridgehead atoms. The fourth-order valence-corrected chi connectivity index (χ4v) is 3.01. The molecule has 0 saturated heterocycles. The van der Waals surface area contributed by atoms with E-state index in [9.17, 15) is 4.79 Å². The van der Waals surface area contributed by atoms with Crippen LogP contribution in [-0.2, 0) is 17.6 Å². The van der Waals surface area contributed by atoms with Gasteiger partial charge in [0.05, 0.1) is 6.04 Å². The molecule has 3 nitrogen and oxygen atoms in total. The van der Waals surface area contributed by atoms with Gasteiger partial charge in [0.15, 0.2) is 6.61 Å². The number of carbonyl (C=O) groups excluding carboxylic acids is 1. The first-order valence-electron chi connectivity index (χ1n) is 8.22. The van der Waals surface area contributed by atoms with Crippen molar-refractivity contribution in [1.29, 1.82) is 0 Å². The summed E-state index contributed by atoms with van der Waals surface area (Å²) in [4.78, 5) is 12.1. The minimum absolute atomic E-state index is 0.00461. The predicted octanol–water partition coefficient (Wildman–Crippen LogP) is 3.74. The molecule has 2 aromatic carbocycles. The zero-order valence-corrected chi connectivity index (χ0v) is 13.8. The number of carbonyl (C=O) groups is 1. The summed E-state index contributed by atoms with van der Waals surface area (Å²) < 4.78 is 5.52. The molecular formula is C20H23NO2. The third kappa shape index (κ3) is 3.92. The summed E-state index contributed by atoms with van der Waals surface area (Å²) in [6.07, 6.45) is 3.57. The number of benzene rings is 2. The maximum atomic E-state index is 12.1. The van der Waals surface area contributed by atoms with E-state index in [-0.39, 0.29) is 18.6 Å². The zero-order valence-electron chi connectivity index (χ0n) is 13.8. The van der Waals surface area contributed by atoms with Gasteiger partial charge in [-0.1, -0.05) is 35.9 Å². The van der Waals surface area contributed by atoms with Crippen LogP contribution in [0.5, 0.6) is 5.75 Å². The fraction of sp³-hybridized carbons (Fsp3) is 0.350. The lowest BCUT2D eigenvalue weighted by atomic mass is 10.0. The Balaban J connectivity index is 1.54. The number of rotatable bonds is 5. The minimum atomic E-state index is -0.0985. The van der Waals surface area contributed by atoms with E-state index in [2.05, 4.69) is 23.5 Å². The van der Waals surface area contributed by atoms with Crippen molar-refractivity contribution in [3.63, 3.8) is 0 Å². The molecule has 0 heterocycles. The summed E-state index contributed by atoms with van der Waals surface area (Å²) >= 11 is 0. The number of amides is 1. The van der Waals surface area contributed by atoms with Crippen LogP contribution in [0.1, 0.15) is 41.6 Å². The van der Waals surface area contributed by atoms with Crippen molar-refractivity contribution in [1.82, 2.24) is 5.32 Å². The number of nitrogens with one attached hydrogen (secondary N) is 1. The molecule has 1 atom stereocenters. The molecule has 3 rings (SSSR count). The van der Waals surface area contributed by atoms with Crippen molar-refractivity contribution >= 4 is 5.91 Å². The summed E-state index contributed by atoms with van der Waals surface area (Å²) in [5.41, 5.74) is 5.22. The highest BCUT2D eigenvalue weighted by atomic mass is 16.5. The van der Waals surface area contributed by atoms with Crippen LogP contribution in [-0.4, -0.2) is 12.5 Å². The molecule has 3 heteroatoms. The summed E-state index contributed by atoms with van der Waals surface area (Å²) in [5.74, 6) is 0.620. The largest absolute Gasteiger partial charge is 0.484 e. The number of hydrogen-bond donors (Lipinski definition) is 1. The molecule has 1 unspecified atom stereocenters. The molecule has 0 saturated carbocycles. The van der Waals surface area contributed by atoms with Crippen LogP contribution in [0.3, 0.4) is 0 Å². The van der Waals surface area contributed by atoms with Gasteiger partial charge in [0, 0.05) is 0 Å². The Bertz CT molecular complexity index is 691. The van der Waals surface area contributed by atoms with Crippen molar-refractivity contribution in [3.8, 4) is 5.75 Å². The molecule has 2 aromatic rings. The molecule has 0 fully saturated rings. The average Bonchev–Trinajstić information content (AvgIpc) is 3.02. The number of aryl methyl sites for hydroxylation is 3. The maximum absolute atomic E-state index is 12.1. The van der Waals surface area contributed by atoms with Gasteiger partial charge < -0.3 is 10.1 Å². The van der Waals surface area contributed by atoms with Gasteiger partial charge in [0.1, 0.15) is 5.75 Å². The van der Waals surface area contributed by atoms with E-state index in [0.29, 0.717) is 0 Å². The number of fused-ring (bicyclic) bond motifs is 1. The van der Waals surface area contributed by atoms with Gasteiger partial charge in [-0.25, -0.2) is 0 Å². The molecule has 1 amide bonds. The van der Waals surface area contributed by atoms with E-state index < -0.39 is 0 Å². The molecular weight excluding hydrogens is 286 g/mol. The third-order valence-corrected chi connectivity index (χ3v) is 4.39. The minimum Gasteiger partial charge on any atom is -0.484 e. The molecule has 1 aliphatic carbocycles. The molecule has 1 aliphatic rings. The first-order valence-corrected chi connectivity index (χ1v) is 8.22. The molecule has 23 heavy (non-hydrogen) atoms. The van der Waals surface area contributed by atoms with Gasteiger partial charge in [0.25, 0.3) is 5.91 Å². The van der Waals surface area contributed by atoms with Crippen molar-refractivity contribution in [2.24, 2.45) is 0 Å². The van der Waals surface area contributed by atoms with Gasteiger partial charge in [-0.15, -0.1) is 0 Å². The second-order valence-corrected chi connectivity index (χ2v) is 6.27. The standard InChI is InChI=1S/C20H23NO2/c1-14-6-10-19(11-7-14)23-13-20(22)21-15(2)17-9-8-16-4-3-5-18(16)12-17/h6-12,15H,3-5,13H2,1-2H3,(H,21,22). The van der Waals surface area contributed by atoms with Crippen LogP contribution < -0.4 is 10.1 Å².